The second-order valence-corrected chi connectivity index (χ2v) is 7.08. The van der Waals surface area contributed by atoms with Crippen molar-refractivity contribution < 1.29 is 13.9 Å². The lowest BCUT2D eigenvalue weighted by Gasteiger charge is -2.34. The number of ether oxygens (including phenoxy) is 1. The highest BCUT2D eigenvalue weighted by Gasteiger charge is 2.29. The third-order valence-electron chi connectivity index (χ3n) is 5.10. The molecular formula is C23H24N2O3. The van der Waals surface area contributed by atoms with E-state index in [1.807, 2.05) is 65.6 Å². The first kappa shape index (κ1) is 18.3. The SMILES string of the molecule is O=C(OCc1ccccc1)N1CCCCC1Cc1nc(-c2ccccc2)co1. The Labute approximate surface area is 165 Å². The van der Waals surface area contributed by atoms with Crippen LogP contribution >= 0.6 is 0 Å². The Morgan fingerprint density at radius 3 is 2.61 bits per heavy atom. The van der Waals surface area contributed by atoms with Crippen LogP contribution in [0.3, 0.4) is 0 Å². The summed E-state index contributed by atoms with van der Waals surface area (Å²) < 4.78 is 11.2. The first-order valence-electron chi connectivity index (χ1n) is 9.77. The highest BCUT2D eigenvalue weighted by atomic mass is 16.6. The van der Waals surface area contributed by atoms with E-state index in [0.29, 0.717) is 25.5 Å². The van der Waals surface area contributed by atoms with Gasteiger partial charge < -0.3 is 14.1 Å². The van der Waals surface area contributed by atoms with Gasteiger partial charge in [0.25, 0.3) is 0 Å². The smallest absolute Gasteiger partial charge is 0.410 e. The average Bonchev–Trinajstić information content (AvgIpc) is 3.22. The Bertz CT molecular complexity index is 892. The van der Waals surface area contributed by atoms with Gasteiger partial charge in [-0.25, -0.2) is 9.78 Å². The number of hydrogen-bond acceptors (Lipinski definition) is 4. The number of carbonyl (C=O) groups excluding carboxylic acids is 1. The summed E-state index contributed by atoms with van der Waals surface area (Å²) >= 11 is 0. The molecule has 0 N–H and O–H groups in total. The number of benzene rings is 2. The molecule has 1 unspecified atom stereocenters. The normalized spacial score (nSPS) is 16.7. The molecule has 5 nitrogen and oxygen atoms in total. The highest BCUT2D eigenvalue weighted by molar-refractivity contribution is 5.68. The molecule has 28 heavy (non-hydrogen) atoms. The van der Waals surface area contributed by atoms with Crippen LogP contribution in [0.15, 0.2) is 71.3 Å². The first-order valence-corrected chi connectivity index (χ1v) is 9.77. The molecule has 0 saturated carbocycles. The fourth-order valence-electron chi connectivity index (χ4n) is 3.60. The van der Waals surface area contributed by atoms with Crippen molar-refractivity contribution in [3.63, 3.8) is 0 Å². The molecule has 1 atom stereocenters. The Balaban J connectivity index is 1.40. The van der Waals surface area contributed by atoms with Crippen LogP contribution in [0.5, 0.6) is 0 Å². The largest absolute Gasteiger partial charge is 0.448 e. The van der Waals surface area contributed by atoms with Gasteiger partial charge in [0, 0.05) is 24.6 Å². The van der Waals surface area contributed by atoms with Crippen LogP contribution in [0, 0.1) is 0 Å². The van der Waals surface area contributed by atoms with Crippen LogP contribution < -0.4 is 0 Å². The van der Waals surface area contributed by atoms with E-state index in [9.17, 15) is 4.79 Å². The van der Waals surface area contributed by atoms with Crippen molar-refractivity contribution in [1.82, 2.24) is 9.88 Å². The number of piperidine rings is 1. The minimum atomic E-state index is -0.261. The average molecular weight is 376 g/mol. The summed E-state index contributed by atoms with van der Waals surface area (Å²) in [6.45, 7) is 1.00. The summed E-state index contributed by atoms with van der Waals surface area (Å²) in [4.78, 5) is 19.1. The summed E-state index contributed by atoms with van der Waals surface area (Å²) in [6.07, 6.45) is 5.06. The van der Waals surface area contributed by atoms with E-state index < -0.39 is 0 Å². The molecule has 2 heterocycles. The second kappa shape index (κ2) is 8.74. The molecule has 1 aliphatic heterocycles. The number of hydrogen-bond donors (Lipinski definition) is 0. The summed E-state index contributed by atoms with van der Waals surface area (Å²) in [5.74, 6) is 0.659. The maximum absolute atomic E-state index is 12.7. The molecule has 0 aliphatic carbocycles. The van der Waals surface area contributed by atoms with E-state index in [1.165, 1.54) is 0 Å². The van der Waals surface area contributed by atoms with Crippen molar-refractivity contribution in [3.05, 3.63) is 78.4 Å². The number of carbonyl (C=O) groups is 1. The summed E-state index contributed by atoms with van der Waals surface area (Å²) in [5.41, 5.74) is 2.84. The molecule has 1 fully saturated rings. The highest BCUT2D eigenvalue weighted by Crippen LogP contribution is 2.24. The minimum Gasteiger partial charge on any atom is -0.448 e. The Morgan fingerprint density at radius 2 is 1.82 bits per heavy atom. The zero-order valence-electron chi connectivity index (χ0n) is 15.8. The molecule has 1 aliphatic rings. The predicted molar refractivity (Wildman–Crippen MR) is 107 cm³/mol. The third-order valence-corrected chi connectivity index (χ3v) is 5.10. The van der Waals surface area contributed by atoms with Crippen LogP contribution in [-0.2, 0) is 17.8 Å². The number of amides is 1. The quantitative estimate of drug-likeness (QED) is 0.623. The fraction of sp³-hybridized carbons (Fsp3) is 0.304. The van der Waals surface area contributed by atoms with Gasteiger partial charge in [0.2, 0.25) is 0 Å². The lowest BCUT2D eigenvalue weighted by Crippen LogP contribution is -2.45. The standard InChI is InChI=1S/C23H24N2O3/c26-23(28-16-18-9-3-1-4-10-18)25-14-8-7-13-20(25)15-22-24-21(17-27-22)19-11-5-2-6-12-19/h1-6,9-12,17,20H,7-8,13-16H2. The van der Waals surface area contributed by atoms with E-state index in [-0.39, 0.29) is 12.1 Å². The van der Waals surface area contributed by atoms with Crippen LogP contribution in [0.25, 0.3) is 11.3 Å². The van der Waals surface area contributed by atoms with Gasteiger partial charge in [0.05, 0.1) is 0 Å². The van der Waals surface area contributed by atoms with Crippen molar-refractivity contribution in [3.8, 4) is 11.3 Å². The maximum atomic E-state index is 12.7. The van der Waals surface area contributed by atoms with Gasteiger partial charge in [0.15, 0.2) is 5.89 Å². The van der Waals surface area contributed by atoms with E-state index >= 15 is 0 Å². The van der Waals surface area contributed by atoms with Crippen LogP contribution in [0.1, 0.15) is 30.7 Å². The molecular weight excluding hydrogens is 352 g/mol. The monoisotopic (exact) mass is 376 g/mol. The van der Waals surface area contributed by atoms with Gasteiger partial charge in [-0.15, -0.1) is 0 Å². The number of oxazole rings is 1. The number of likely N-dealkylation sites (tertiary alicyclic amines) is 1. The number of nitrogens with zero attached hydrogens (tertiary/aromatic N) is 2. The van der Waals surface area contributed by atoms with Crippen LogP contribution in [-0.4, -0.2) is 28.6 Å². The minimum absolute atomic E-state index is 0.0549. The Morgan fingerprint density at radius 1 is 1.07 bits per heavy atom. The molecule has 1 saturated heterocycles. The molecule has 4 rings (SSSR count). The van der Waals surface area contributed by atoms with Crippen LogP contribution in [0.4, 0.5) is 4.79 Å². The molecule has 5 heteroatoms. The molecule has 0 bridgehead atoms. The fourth-order valence-corrected chi connectivity index (χ4v) is 3.60. The van der Waals surface area contributed by atoms with Gasteiger partial charge in [-0.1, -0.05) is 60.7 Å². The molecule has 2 aromatic carbocycles. The Hall–Kier alpha value is -3.08. The zero-order chi connectivity index (χ0) is 19.2. The van der Waals surface area contributed by atoms with E-state index in [0.717, 1.165) is 36.1 Å². The molecule has 0 spiro atoms. The predicted octanol–water partition coefficient (Wildman–Crippen LogP) is 5.08. The summed E-state index contributed by atoms with van der Waals surface area (Å²) in [6, 6.07) is 19.8. The van der Waals surface area contributed by atoms with E-state index in [1.54, 1.807) is 6.26 Å². The van der Waals surface area contributed by atoms with Crippen molar-refractivity contribution in [2.24, 2.45) is 0 Å². The lowest BCUT2D eigenvalue weighted by molar-refractivity contribution is 0.0667. The van der Waals surface area contributed by atoms with Gasteiger partial charge >= 0.3 is 6.09 Å². The van der Waals surface area contributed by atoms with Gasteiger partial charge in [-0.2, -0.15) is 0 Å². The molecule has 0 radical (unpaired) electrons. The topological polar surface area (TPSA) is 55.6 Å². The van der Waals surface area contributed by atoms with Crippen molar-refractivity contribution in [2.75, 3.05) is 6.54 Å². The van der Waals surface area contributed by atoms with Crippen molar-refractivity contribution in [1.29, 1.82) is 0 Å². The lowest BCUT2D eigenvalue weighted by atomic mass is 10.00. The zero-order valence-corrected chi connectivity index (χ0v) is 15.8. The molecule has 1 amide bonds. The Kier molecular flexibility index (Phi) is 5.71. The van der Waals surface area contributed by atoms with Gasteiger partial charge in [-0.3, -0.25) is 0 Å². The number of aromatic nitrogens is 1. The van der Waals surface area contributed by atoms with Crippen LogP contribution in [0.2, 0.25) is 0 Å². The van der Waals surface area contributed by atoms with Gasteiger partial charge in [-0.05, 0) is 24.8 Å². The van der Waals surface area contributed by atoms with Crippen molar-refractivity contribution in [2.45, 2.75) is 38.3 Å². The molecule has 144 valence electrons. The second-order valence-electron chi connectivity index (χ2n) is 7.08. The van der Waals surface area contributed by atoms with E-state index in [2.05, 4.69) is 4.98 Å². The van der Waals surface area contributed by atoms with Gasteiger partial charge in [0.1, 0.15) is 18.6 Å². The summed E-state index contributed by atoms with van der Waals surface area (Å²) in [7, 11) is 0. The first-order chi connectivity index (χ1) is 13.8. The third kappa shape index (κ3) is 4.42. The molecule has 1 aromatic heterocycles. The van der Waals surface area contributed by atoms with E-state index in [4.69, 9.17) is 9.15 Å². The molecule has 3 aromatic rings. The summed E-state index contributed by atoms with van der Waals surface area (Å²) in [5, 5.41) is 0. The van der Waals surface area contributed by atoms with Crippen molar-refractivity contribution >= 4 is 6.09 Å². The maximum Gasteiger partial charge on any atom is 0.410 e. The number of rotatable bonds is 5.